The van der Waals surface area contributed by atoms with Crippen LogP contribution in [0.4, 0.5) is 14.5 Å². The molecule has 0 radical (unpaired) electrons. The molecule has 0 atom stereocenters. The summed E-state index contributed by atoms with van der Waals surface area (Å²) in [5.74, 6) is -2.54. The minimum atomic E-state index is -1.06. The van der Waals surface area contributed by atoms with Gasteiger partial charge < -0.3 is 11.1 Å². The van der Waals surface area contributed by atoms with E-state index in [2.05, 4.69) is 5.32 Å². The number of carbonyl (C=O) groups is 1. The van der Waals surface area contributed by atoms with Crippen LogP contribution in [0.5, 0.6) is 0 Å². The zero-order valence-corrected chi connectivity index (χ0v) is 10.2. The predicted molar refractivity (Wildman–Crippen MR) is 65.1 cm³/mol. The van der Waals surface area contributed by atoms with E-state index in [4.69, 9.17) is 5.73 Å². The molecule has 0 heterocycles. The van der Waals surface area contributed by atoms with Gasteiger partial charge in [0, 0.05) is 17.3 Å². The Morgan fingerprint density at radius 1 is 1.39 bits per heavy atom. The van der Waals surface area contributed by atoms with Crippen LogP contribution in [0.2, 0.25) is 0 Å². The second kappa shape index (κ2) is 4.55. The quantitative estimate of drug-likeness (QED) is 0.815. The molecular weight excluding hydrogens is 238 g/mol. The van der Waals surface area contributed by atoms with E-state index in [0.717, 1.165) is 37.8 Å². The number of carbonyl (C=O) groups excluding carboxylic acids is 1. The Morgan fingerprint density at radius 3 is 2.50 bits per heavy atom. The fourth-order valence-electron chi connectivity index (χ4n) is 2.24. The summed E-state index contributed by atoms with van der Waals surface area (Å²) in [6.07, 6.45) is 3.72. The second-order valence-electron chi connectivity index (χ2n) is 4.80. The zero-order valence-electron chi connectivity index (χ0n) is 10.2. The Labute approximate surface area is 104 Å². The van der Waals surface area contributed by atoms with Crippen molar-refractivity contribution < 1.29 is 13.6 Å². The number of amides is 1. The Hall–Kier alpha value is -1.65. The van der Waals surface area contributed by atoms with E-state index in [-0.39, 0.29) is 16.8 Å². The Morgan fingerprint density at radius 2 is 2.00 bits per heavy atom. The third-order valence-electron chi connectivity index (χ3n) is 3.70. The normalized spacial score (nSPS) is 17.1. The summed E-state index contributed by atoms with van der Waals surface area (Å²) in [6.45, 7) is 1.99. The highest BCUT2D eigenvalue weighted by molar-refractivity contribution is 5.99. The second-order valence-corrected chi connectivity index (χ2v) is 4.80. The molecule has 1 amide bonds. The van der Waals surface area contributed by atoms with Gasteiger partial charge in [-0.3, -0.25) is 4.79 Å². The highest BCUT2D eigenvalue weighted by Gasteiger charge is 2.36. The van der Waals surface area contributed by atoms with Gasteiger partial charge in [0.15, 0.2) is 11.6 Å². The van der Waals surface area contributed by atoms with Gasteiger partial charge in [0.25, 0.3) is 5.91 Å². The lowest BCUT2D eigenvalue weighted by Crippen LogP contribution is -2.53. The van der Waals surface area contributed by atoms with Crippen LogP contribution in [0.1, 0.15) is 43.0 Å². The van der Waals surface area contributed by atoms with Crippen LogP contribution in [0, 0.1) is 11.6 Å². The number of benzene rings is 1. The first-order valence-electron chi connectivity index (χ1n) is 6.04. The highest BCUT2D eigenvalue weighted by Crippen LogP contribution is 2.35. The minimum absolute atomic E-state index is 0.00590. The molecule has 2 rings (SSSR count). The van der Waals surface area contributed by atoms with Crippen molar-refractivity contribution in [3.05, 3.63) is 29.3 Å². The van der Waals surface area contributed by atoms with Crippen LogP contribution in [0.15, 0.2) is 12.1 Å². The van der Waals surface area contributed by atoms with Crippen molar-refractivity contribution in [3.8, 4) is 0 Å². The summed E-state index contributed by atoms with van der Waals surface area (Å²) in [4.78, 5) is 12.0. The summed E-state index contributed by atoms with van der Waals surface area (Å²) in [7, 11) is 0. The minimum Gasteiger partial charge on any atom is -0.398 e. The number of hydrogen-bond acceptors (Lipinski definition) is 2. The van der Waals surface area contributed by atoms with Gasteiger partial charge in [-0.15, -0.1) is 0 Å². The fourth-order valence-corrected chi connectivity index (χ4v) is 2.24. The number of hydrogen-bond donors (Lipinski definition) is 2. The van der Waals surface area contributed by atoms with E-state index in [9.17, 15) is 13.6 Å². The molecule has 0 spiro atoms. The van der Waals surface area contributed by atoms with Gasteiger partial charge in [-0.25, -0.2) is 8.78 Å². The molecule has 1 aliphatic carbocycles. The van der Waals surface area contributed by atoms with E-state index in [1.54, 1.807) is 0 Å². The molecule has 5 heteroatoms. The Kier molecular flexibility index (Phi) is 3.24. The molecule has 3 nitrogen and oxygen atoms in total. The first-order valence-corrected chi connectivity index (χ1v) is 6.04. The lowest BCUT2D eigenvalue weighted by atomic mass is 9.74. The van der Waals surface area contributed by atoms with Crippen LogP contribution >= 0.6 is 0 Å². The molecule has 0 bridgehead atoms. The SMILES string of the molecule is CCC1(NC(=O)c2cc(F)c(F)cc2N)CCC1. The van der Waals surface area contributed by atoms with Crippen molar-refractivity contribution in [2.45, 2.75) is 38.1 Å². The van der Waals surface area contributed by atoms with Crippen LogP contribution in [-0.2, 0) is 0 Å². The van der Waals surface area contributed by atoms with E-state index in [0.29, 0.717) is 0 Å². The zero-order chi connectivity index (χ0) is 13.3. The largest absolute Gasteiger partial charge is 0.398 e. The number of nitrogens with one attached hydrogen (secondary N) is 1. The number of halogens is 2. The van der Waals surface area contributed by atoms with Crippen molar-refractivity contribution in [2.75, 3.05) is 5.73 Å². The van der Waals surface area contributed by atoms with Crippen LogP contribution in [0.3, 0.4) is 0 Å². The van der Waals surface area contributed by atoms with Crippen LogP contribution in [0.25, 0.3) is 0 Å². The number of nitrogen functional groups attached to an aromatic ring is 1. The number of rotatable bonds is 3. The maximum absolute atomic E-state index is 13.1. The molecule has 3 N–H and O–H groups in total. The van der Waals surface area contributed by atoms with Gasteiger partial charge in [-0.1, -0.05) is 6.92 Å². The maximum Gasteiger partial charge on any atom is 0.253 e. The lowest BCUT2D eigenvalue weighted by Gasteiger charge is -2.42. The van der Waals surface area contributed by atoms with Gasteiger partial charge in [0.2, 0.25) is 0 Å². The summed E-state index contributed by atoms with van der Waals surface area (Å²) in [5.41, 5.74) is 5.29. The third-order valence-corrected chi connectivity index (χ3v) is 3.70. The molecule has 0 unspecified atom stereocenters. The summed E-state index contributed by atoms with van der Waals surface area (Å²) >= 11 is 0. The molecule has 1 fully saturated rings. The molecule has 1 saturated carbocycles. The van der Waals surface area contributed by atoms with Gasteiger partial charge in [0.1, 0.15) is 0 Å². The van der Waals surface area contributed by atoms with Gasteiger partial charge in [-0.05, 0) is 31.7 Å². The van der Waals surface area contributed by atoms with Crippen LogP contribution < -0.4 is 11.1 Å². The van der Waals surface area contributed by atoms with E-state index >= 15 is 0 Å². The van der Waals surface area contributed by atoms with Crippen LogP contribution in [-0.4, -0.2) is 11.4 Å². The Bertz CT molecular complexity index is 479. The molecule has 0 aliphatic heterocycles. The molecule has 0 aromatic heterocycles. The van der Waals surface area contributed by atoms with E-state index in [1.165, 1.54) is 0 Å². The summed E-state index contributed by atoms with van der Waals surface area (Å²) in [6, 6.07) is 1.69. The first-order chi connectivity index (χ1) is 8.47. The molecule has 1 aromatic rings. The van der Waals surface area contributed by atoms with Crippen molar-refractivity contribution in [3.63, 3.8) is 0 Å². The smallest absolute Gasteiger partial charge is 0.253 e. The molecular formula is C13H16F2N2O. The lowest BCUT2D eigenvalue weighted by molar-refractivity contribution is 0.0821. The van der Waals surface area contributed by atoms with E-state index in [1.807, 2.05) is 6.92 Å². The maximum atomic E-state index is 13.1. The summed E-state index contributed by atoms with van der Waals surface area (Å²) in [5, 5.41) is 2.88. The Balaban J connectivity index is 2.21. The van der Waals surface area contributed by atoms with Gasteiger partial charge >= 0.3 is 0 Å². The van der Waals surface area contributed by atoms with Gasteiger partial charge in [-0.2, -0.15) is 0 Å². The van der Waals surface area contributed by atoms with E-state index < -0.39 is 17.5 Å². The van der Waals surface area contributed by atoms with Crippen molar-refractivity contribution in [2.24, 2.45) is 0 Å². The standard InChI is InChI=1S/C13H16F2N2O/c1-2-13(4-3-5-13)17-12(18)8-6-9(14)10(15)7-11(8)16/h6-7H,2-5,16H2,1H3,(H,17,18). The molecule has 98 valence electrons. The molecule has 18 heavy (non-hydrogen) atoms. The first kappa shape index (κ1) is 12.8. The predicted octanol–water partition coefficient (Wildman–Crippen LogP) is 2.61. The average molecular weight is 254 g/mol. The monoisotopic (exact) mass is 254 g/mol. The van der Waals surface area contributed by atoms with Crippen molar-refractivity contribution >= 4 is 11.6 Å². The summed E-state index contributed by atoms with van der Waals surface area (Å²) < 4.78 is 26.0. The molecule has 1 aromatic carbocycles. The van der Waals surface area contributed by atoms with Crippen molar-refractivity contribution in [1.29, 1.82) is 0 Å². The van der Waals surface area contributed by atoms with Gasteiger partial charge in [0.05, 0.1) is 5.56 Å². The average Bonchev–Trinajstić information content (AvgIpc) is 2.28. The third kappa shape index (κ3) is 2.17. The molecule has 1 aliphatic rings. The number of nitrogens with two attached hydrogens (primary N) is 1. The number of anilines is 1. The molecule has 0 saturated heterocycles. The topological polar surface area (TPSA) is 55.1 Å². The highest BCUT2D eigenvalue weighted by atomic mass is 19.2. The fraction of sp³-hybridized carbons (Fsp3) is 0.462. The van der Waals surface area contributed by atoms with Crippen molar-refractivity contribution in [1.82, 2.24) is 5.32 Å².